The summed E-state index contributed by atoms with van der Waals surface area (Å²) in [4.78, 5) is 44.1. The van der Waals surface area contributed by atoms with Gasteiger partial charge in [0, 0.05) is 5.56 Å². The van der Waals surface area contributed by atoms with Gasteiger partial charge in [-0.05, 0) is 31.2 Å². The van der Waals surface area contributed by atoms with E-state index >= 15 is 0 Å². The minimum atomic E-state index is -0.766. The Bertz CT molecular complexity index is 1280. The van der Waals surface area contributed by atoms with Crippen molar-refractivity contribution in [2.45, 2.75) is 19.5 Å². The lowest BCUT2D eigenvalue weighted by Gasteiger charge is -2.14. The Morgan fingerprint density at radius 2 is 1.74 bits per heavy atom. The lowest BCUT2D eigenvalue weighted by atomic mass is 10.2. The van der Waals surface area contributed by atoms with Crippen LogP contribution in [0.1, 0.15) is 23.1 Å². The lowest BCUT2D eigenvalue weighted by molar-refractivity contribution is -0.122. The van der Waals surface area contributed by atoms with E-state index in [2.05, 4.69) is 25.7 Å². The number of benzene rings is 2. The van der Waals surface area contributed by atoms with E-state index in [0.717, 1.165) is 5.69 Å². The third-order valence-corrected chi connectivity index (χ3v) is 4.69. The van der Waals surface area contributed by atoms with E-state index in [1.807, 2.05) is 30.3 Å². The summed E-state index contributed by atoms with van der Waals surface area (Å²) < 4.78 is 1.57. The molecule has 0 spiro atoms. The minimum Gasteiger partial charge on any atom is -0.347 e. The molecule has 0 aliphatic rings. The van der Waals surface area contributed by atoms with Crippen molar-refractivity contribution in [3.8, 4) is 5.69 Å². The average molecular weight is 416 g/mol. The van der Waals surface area contributed by atoms with Gasteiger partial charge in [-0.25, -0.2) is 9.67 Å². The molecule has 156 valence electrons. The summed E-state index contributed by atoms with van der Waals surface area (Å²) in [6.07, 6.45) is 1.46. The number of para-hydroxylation sites is 1. The van der Waals surface area contributed by atoms with Gasteiger partial charge in [0.25, 0.3) is 11.5 Å². The maximum absolute atomic E-state index is 12.4. The number of aromatic nitrogens is 4. The number of hydrogen-bond donors (Lipinski definition) is 3. The first-order valence-corrected chi connectivity index (χ1v) is 9.69. The molecule has 2 aromatic carbocycles. The van der Waals surface area contributed by atoms with E-state index in [0.29, 0.717) is 16.6 Å². The highest BCUT2D eigenvalue weighted by Crippen LogP contribution is 2.13. The molecular weight excluding hydrogens is 396 g/mol. The number of rotatable bonds is 6. The molecule has 4 rings (SSSR count). The van der Waals surface area contributed by atoms with Crippen molar-refractivity contribution >= 4 is 22.8 Å². The first-order chi connectivity index (χ1) is 15.0. The zero-order valence-corrected chi connectivity index (χ0v) is 16.7. The molecule has 1 unspecified atom stereocenters. The van der Waals surface area contributed by atoms with Crippen LogP contribution in [-0.4, -0.2) is 37.6 Å². The molecule has 2 amide bonds. The monoisotopic (exact) mass is 416 g/mol. The molecule has 0 aliphatic carbocycles. The van der Waals surface area contributed by atoms with Gasteiger partial charge >= 0.3 is 0 Å². The number of nitrogens with zero attached hydrogens (tertiary/aromatic N) is 3. The third-order valence-electron chi connectivity index (χ3n) is 4.69. The number of hydrogen-bond acceptors (Lipinski definition) is 5. The number of carbonyl (C=O) groups is 2. The molecule has 9 heteroatoms. The van der Waals surface area contributed by atoms with Gasteiger partial charge in [-0.3, -0.25) is 14.4 Å². The molecule has 31 heavy (non-hydrogen) atoms. The van der Waals surface area contributed by atoms with Crippen LogP contribution in [0.3, 0.4) is 0 Å². The highest BCUT2D eigenvalue weighted by atomic mass is 16.2. The standard InChI is InChI=1S/C22H20N6O3/c1-14(25-21(30)15-8-4-2-5-9-15)20(29)23-13-18-26-19-17(22(31)27-18)12-24-28(19)16-10-6-3-7-11-16/h2-12,14H,13H2,1H3,(H,23,29)(H,25,30)(H,26,27,31). The van der Waals surface area contributed by atoms with Crippen LogP contribution in [-0.2, 0) is 11.3 Å². The van der Waals surface area contributed by atoms with Crippen molar-refractivity contribution in [3.63, 3.8) is 0 Å². The second-order valence-electron chi connectivity index (χ2n) is 6.92. The van der Waals surface area contributed by atoms with Crippen LogP contribution < -0.4 is 16.2 Å². The molecule has 9 nitrogen and oxygen atoms in total. The Labute approximate surface area is 177 Å². The van der Waals surface area contributed by atoms with Gasteiger partial charge < -0.3 is 15.6 Å². The maximum atomic E-state index is 12.4. The number of H-pyrrole nitrogens is 1. The van der Waals surface area contributed by atoms with Crippen LogP contribution in [0.5, 0.6) is 0 Å². The van der Waals surface area contributed by atoms with Crippen molar-refractivity contribution in [3.05, 3.63) is 88.6 Å². The molecule has 1 atom stereocenters. The fraction of sp³-hybridized carbons (Fsp3) is 0.136. The van der Waals surface area contributed by atoms with Gasteiger partial charge in [-0.15, -0.1) is 0 Å². The number of nitrogens with one attached hydrogen (secondary N) is 3. The fourth-order valence-corrected chi connectivity index (χ4v) is 3.06. The predicted molar refractivity (Wildman–Crippen MR) is 115 cm³/mol. The van der Waals surface area contributed by atoms with Crippen LogP contribution in [0.15, 0.2) is 71.7 Å². The number of aromatic amines is 1. The highest BCUT2D eigenvalue weighted by Gasteiger charge is 2.17. The SMILES string of the molecule is CC(NC(=O)c1ccccc1)C(=O)NCc1nc2c(cnn2-c2ccccc2)c(=O)[nH]1. The molecule has 3 N–H and O–H groups in total. The van der Waals surface area contributed by atoms with Gasteiger partial charge in [0.1, 0.15) is 17.3 Å². The number of carbonyl (C=O) groups excluding carboxylic acids is 2. The van der Waals surface area contributed by atoms with E-state index in [1.54, 1.807) is 41.9 Å². The zero-order chi connectivity index (χ0) is 21.8. The van der Waals surface area contributed by atoms with Gasteiger partial charge in [0.15, 0.2) is 5.65 Å². The smallest absolute Gasteiger partial charge is 0.262 e. The predicted octanol–water partition coefficient (Wildman–Crippen LogP) is 1.54. The largest absolute Gasteiger partial charge is 0.347 e. The van der Waals surface area contributed by atoms with Gasteiger partial charge in [0.05, 0.1) is 18.4 Å². The van der Waals surface area contributed by atoms with Gasteiger partial charge in [0.2, 0.25) is 5.91 Å². The number of fused-ring (bicyclic) bond motifs is 1. The molecular formula is C22H20N6O3. The molecule has 0 saturated heterocycles. The molecule has 0 radical (unpaired) electrons. The van der Waals surface area contributed by atoms with Gasteiger partial charge in [-0.1, -0.05) is 36.4 Å². The lowest BCUT2D eigenvalue weighted by Crippen LogP contribution is -2.44. The molecule has 0 fully saturated rings. The summed E-state index contributed by atoms with van der Waals surface area (Å²) >= 11 is 0. The Hall–Kier alpha value is -4.27. The minimum absolute atomic E-state index is 0.00443. The molecule has 2 heterocycles. The van der Waals surface area contributed by atoms with Crippen LogP contribution >= 0.6 is 0 Å². The summed E-state index contributed by atoms with van der Waals surface area (Å²) in [7, 11) is 0. The van der Waals surface area contributed by atoms with Crippen molar-refractivity contribution in [1.29, 1.82) is 0 Å². The quantitative estimate of drug-likeness (QED) is 0.440. The van der Waals surface area contributed by atoms with Crippen molar-refractivity contribution in [2.75, 3.05) is 0 Å². The highest BCUT2D eigenvalue weighted by molar-refractivity contribution is 5.97. The third kappa shape index (κ3) is 4.35. The second-order valence-corrected chi connectivity index (χ2v) is 6.92. The van der Waals surface area contributed by atoms with E-state index in [9.17, 15) is 14.4 Å². The topological polar surface area (TPSA) is 122 Å². The maximum Gasteiger partial charge on any atom is 0.262 e. The summed E-state index contributed by atoms with van der Waals surface area (Å²) in [6.45, 7) is 1.58. The summed E-state index contributed by atoms with van der Waals surface area (Å²) in [5, 5.41) is 9.93. The average Bonchev–Trinajstić information content (AvgIpc) is 3.23. The Morgan fingerprint density at radius 3 is 2.45 bits per heavy atom. The van der Waals surface area contributed by atoms with Gasteiger partial charge in [-0.2, -0.15) is 5.10 Å². The van der Waals surface area contributed by atoms with Crippen LogP contribution in [0.4, 0.5) is 0 Å². The summed E-state index contributed by atoms with van der Waals surface area (Å²) in [5.41, 5.74) is 1.28. The van der Waals surface area contributed by atoms with Crippen molar-refractivity contribution < 1.29 is 9.59 Å². The first-order valence-electron chi connectivity index (χ1n) is 9.69. The van der Waals surface area contributed by atoms with Crippen LogP contribution in [0.2, 0.25) is 0 Å². The van der Waals surface area contributed by atoms with Crippen molar-refractivity contribution in [2.24, 2.45) is 0 Å². The fourth-order valence-electron chi connectivity index (χ4n) is 3.06. The number of amides is 2. The van der Waals surface area contributed by atoms with E-state index in [4.69, 9.17) is 0 Å². The molecule has 2 aromatic heterocycles. The molecule has 0 aliphatic heterocycles. The second kappa shape index (κ2) is 8.62. The molecule has 0 saturated carbocycles. The van der Waals surface area contributed by atoms with E-state index < -0.39 is 11.9 Å². The van der Waals surface area contributed by atoms with Crippen molar-refractivity contribution in [1.82, 2.24) is 30.4 Å². The summed E-state index contributed by atoms with van der Waals surface area (Å²) in [6, 6.07) is 17.2. The Balaban J connectivity index is 1.47. The normalized spacial score (nSPS) is 11.8. The van der Waals surface area contributed by atoms with E-state index in [1.165, 1.54) is 6.20 Å². The Kier molecular flexibility index (Phi) is 5.57. The zero-order valence-electron chi connectivity index (χ0n) is 16.7. The summed E-state index contributed by atoms with van der Waals surface area (Å²) in [5.74, 6) is -0.461. The van der Waals surface area contributed by atoms with E-state index in [-0.39, 0.29) is 23.8 Å². The first kappa shape index (κ1) is 20.0. The van der Waals surface area contributed by atoms with Crippen LogP contribution in [0, 0.1) is 0 Å². The molecule has 0 bridgehead atoms. The molecule has 4 aromatic rings. The Morgan fingerprint density at radius 1 is 1.06 bits per heavy atom. The van der Waals surface area contributed by atoms with Crippen LogP contribution in [0.25, 0.3) is 16.7 Å².